The molecule has 0 radical (unpaired) electrons. The Bertz CT molecular complexity index is 1550. The number of rotatable bonds is 7. The van der Waals surface area contributed by atoms with Crippen molar-refractivity contribution in [2.24, 2.45) is 11.8 Å². The molecule has 3 aromatic rings. The second-order valence-electron chi connectivity index (χ2n) is 14.3. The topological polar surface area (TPSA) is 93.7 Å². The molecule has 0 bridgehead atoms. The first-order valence-corrected chi connectivity index (χ1v) is 16.1. The minimum atomic E-state index is -0.542. The molecule has 2 saturated heterocycles. The zero-order valence-corrected chi connectivity index (χ0v) is 28.5. The van der Waals surface area contributed by atoms with Crippen LogP contribution in [-0.2, 0) is 9.47 Å². The lowest BCUT2D eigenvalue weighted by atomic mass is 9.89. The highest BCUT2D eigenvalue weighted by atomic mass is 16.6. The summed E-state index contributed by atoms with van der Waals surface area (Å²) >= 11 is 0. The van der Waals surface area contributed by atoms with Crippen molar-refractivity contribution in [3.05, 3.63) is 48.5 Å². The van der Waals surface area contributed by atoms with Gasteiger partial charge in [-0.1, -0.05) is 0 Å². The lowest BCUT2D eigenvalue weighted by molar-refractivity contribution is 0.0139. The minimum Gasteiger partial charge on any atom is -0.497 e. The van der Waals surface area contributed by atoms with Gasteiger partial charge in [0.15, 0.2) is 0 Å². The summed E-state index contributed by atoms with van der Waals surface area (Å²) in [5.41, 5.74) is 2.77. The lowest BCUT2D eigenvalue weighted by Gasteiger charge is -2.35. The van der Waals surface area contributed by atoms with Gasteiger partial charge in [0.25, 0.3) is 0 Å². The van der Waals surface area contributed by atoms with Crippen molar-refractivity contribution in [3.63, 3.8) is 0 Å². The van der Waals surface area contributed by atoms with Crippen molar-refractivity contribution in [1.82, 2.24) is 14.8 Å². The summed E-state index contributed by atoms with van der Waals surface area (Å²) in [6, 6.07) is 16.1. The van der Waals surface area contributed by atoms with E-state index in [-0.39, 0.29) is 12.2 Å². The Morgan fingerprint density at radius 3 is 2.24 bits per heavy atom. The smallest absolute Gasteiger partial charge is 0.410 e. The fourth-order valence-corrected chi connectivity index (χ4v) is 6.04. The summed E-state index contributed by atoms with van der Waals surface area (Å²) in [6.07, 6.45) is 0.355. The SMILES string of the molecule is COc1ccc2c(N3C[C@H]4CN(C(=O)OC(C)(C)C)CC[C@H]4C3)cc(-c3ccc(OCCN(C)C(=O)OC(C)(C)C)cc3)nc2c1. The molecule has 0 unspecified atom stereocenters. The number of likely N-dealkylation sites (tertiary alicyclic amines) is 1. The monoisotopic (exact) mass is 632 g/mol. The van der Waals surface area contributed by atoms with Gasteiger partial charge in [0, 0.05) is 55.9 Å². The molecule has 0 aliphatic carbocycles. The maximum Gasteiger partial charge on any atom is 0.410 e. The summed E-state index contributed by atoms with van der Waals surface area (Å²) in [6.45, 7) is 15.2. The molecule has 2 aliphatic rings. The van der Waals surface area contributed by atoms with E-state index in [0.29, 0.717) is 37.3 Å². The number of likely N-dealkylation sites (N-methyl/N-ethyl adjacent to an activating group) is 1. The van der Waals surface area contributed by atoms with Crippen LogP contribution < -0.4 is 14.4 Å². The number of pyridine rings is 1. The Labute approximate surface area is 272 Å². The van der Waals surface area contributed by atoms with Gasteiger partial charge in [0.05, 0.1) is 24.9 Å². The number of methoxy groups -OCH3 is 1. The number of benzene rings is 2. The van der Waals surface area contributed by atoms with Crippen molar-refractivity contribution < 1.29 is 28.5 Å². The fraction of sp³-hybridized carbons (Fsp3) is 0.528. The third-order valence-corrected chi connectivity index (χ3v) is 8.34. The number of amides is 2. The molecule has 2 aliphatic heterocycles. The second kappa shape index (κ2) is 13.3. The van der Waals surface area contributed by atoms with E-state index in [2.05, 4.69) is 17.0 Å². The highest BCUT2D eigenvalue weighted by Gasteiger charge is 2.40. The Balaban J connectivity index is 1.31. The second-order valence-corrected chi connectivity index (χ2v) is 14.3. The zero-order chi connectivity index (χ0) is 33.2. The molecule has 2 aromatic carbocycles. The molecular weight excluding hydrogens is 584 g/mol. The van der Waals surface area contributed by atoms with Crippen molar-refractivity contribution in [2.45, 2.75) is 59.2 Å². The molecule has 1 aromatic heterocycles. The first kappa shape index (κ1) is 33.2. The van der Waals surface area contributed by atoms with Crippen LogP contribution in [-0.4, -0.2) is 91.7 Å². The van der Waals surface area contributed by atoms with Gasteiger partial charge in [-0.3, -0.25) is 0 Å². The summed E-state index contributed by atoms with van der Waals surface area (Å²) in [7, 11) is 3.36. The van der Waals surface area contributed by atoms with Crippen LogP contribution in [0.15, 0.2) is 48.5 Å². The standard InChI is InChI=1S/C36H48N4O6/c1-35(2,3)45-33(41)38(7)17-18-44-27-11-9-24(10-12-27)30-20-32(29-14-13-28(43-8)19-31(29)37-30)40-21-25-15-16-39(22-26(25)23-40)34(42)46-36(4,5)6/h9-14,19-20,25-26H,15-18,21-23H2,1-8H3/t25-,26+/m0/s1. The number of hydrogen-bond donors (Lipinski definition) is 0. The number of nitrogens with zero attached hydrogens (tertiary/aromatic N) is 4. The van der Waals surface area contributed by atoms with Gasteiger partial charge in [0.2, 0.25) is 0 Å². The van der Waals surface area contributed by atoms with Crippen LogP contribution in [0.1, 0.15) is 48.0 Å². The normalized spacial score (nSPS) is 18.3. The van der Waals surface area contributed by atoms with Crippen LogP contribution in [0.4, 0.5) is 15.3 Å². The molecule has 5 rings (SSSR count). The van der Waals surface area contributed by atoms with Crippen molar-refractivity contribution in [2.75, 3.05) is 58.4 Å². The minimum absolute atomic E-state index is 0.226. The molecule has 0 saturated carbocycles. The average Bonchev–Trinajstić information content (AvgIpc) is 3.42. The van der Waals surface area contributed by atoms with Gasteiger partial charge in [-0.15, -0.1) is 0 Å². The van der Waals surface area contributed by atoms with Crippen molar-refractivity contribution >= 4 is 28.8 Å². The van der Waals surface area contributed by atoms with Gasteiger partial charge in [-0.2, -0.15) is 0 Å². The van der Waals surface area contributed by atoms with Gasteiger partial charge in [-0.05, 0) is 102 Å². The Kier molecular flexibility index (Phi) is 9.56. The van der Waals surface area contributed by atoms with Gasteiger partial charge in [-0.25, -0.2) is 14.6 Å². The zero-order valence-electron chi connectivity index (χ0n) is 28.5. The van der Waals surface area contributed by atoms with Crippen LogP contribution in [0.25, 0.3) is 22.2 Å². The fourth-order valence-electron chi connectivity index (χ4n) is 6.04. The highest BCUT2D eigenvalue weighted by Crippen LogP contribution is 2.39. The quantitative estimate of drug-likeness (QED) is 0.279. The van der Waals surface area contributed by atoms with Crippen LogP contribution in [0.2, 0.25) is 0 Å². The maximum atomic E-state index is 12.8. The number of carbonyl (C=O) groups excluding carboxylic acids is 2. The highest BCUT2D eigenvalue weighted by molar-refractivity contribution is 5.95. The number of aromatic nitrogens is 1. The third-order valence-electron chi connectivity index (χ3n) is 8.34. The number of carbonyl (C=O) groups is 2. The first-order valence-electron chi connectivity index (χ1n) is 16.1. The molecule has 46 heavy (non-hydrogen) atoms. The number of hydrogen-bond acceptors (Lipinski definition) is 8. The molecule has 3 heterocycles. The van der Waals surface area contributed by atoms with Gasteiger partial charge < -0.3 is 33.6 Å². The van der Waals surface area contributed by atoms with E-state index >= 15 is 0 Å². The maximum absolute atomic E-state index is 12.8. The van der Waals surface area contributed by atoms with E-state index in [1.165, 1.54) is 4.90 Å². The number of fused-ring (bicyclic) bond motifs is 2. The summed E-state index contributed by atoms with van der Waals surface area (Å²) in [5.74, 6) is 2.35. The third kappa shape index (κ3) is 8.13. The Morgan fingerprint density at radius 2 is 1.57 bits per heavy atom. The van der Waals surface area contributed by atoms with Gasteiger partial charge >= 0.3 is 12.2 Å². The molecule has 2 fully saturated rings. The van der Waals surface area contributed by atoms with E-state index in [1.807, 2.05) is 82.8 Å². The number of ether oxygens (including phenoxy) is 4. The molecule has 248 valence electrons. The average molecular weight is 633 g/mol. The molecule has 2 atom stereocenters. The largest absolute Gasteiger partial charge is 0.497 e. The van der Waals surface area contributed by atoms with E-state index in [4.69, 9.17) is 23.9 Å². The molecular formula is C36H48N4O6. The van der Waals surface area contributed by atoms with Gasteiger partial charge in [0.1, 0.15) is 29.3 Å². The van der Waals surface area contributed by atoms with Crippen LogP contribution in [0.3, 0.4) is 0 Å². The molecule has 0 N–H and O–H groups in total. The molecule has 10 nitrogen and oxygen atoms in total. The Morgan fingerprint density at radius 1 is 0.891 bits per heavy atom. The van der Waals surface area contributed by atoms with E-state index in [1.54, 1.807) is 14.2 Å². The predicted molar refractivity (Wildman–Crippen MR) is 180 cm³/mol. The van der Waals surface area contributed by atoms with E-state index in [0.717, 1.165) is 59.7 Å². The predicted octanol–water partition coefficient (Wildman–Crippen LogP) is 6.85. The van der Waals surface area contributed by atoms with Crippen LogP contribution in [0.5, 0.6) is 11.5 Å². The number of anilines is 1. The molecule has 10 heteroatoms. The molecule has 0 spiro atoms. The first-order chi connectivity index (χ1) is 21.7. The van der Waals surface area contributed by atoms with Crippen LogP contribution >= 0.6 is 0 Å². The van der Waals surface area contributed by atoms with Crippen LogP contribution in [0, 0.1) is 11.8 Å². The summed E-state index contributed by atoms with van der Waals surface area (Å²) in [5, 5.41) is 1.07. The van der Waals surface area contributed by atoms with Crippen molar-refractivity contribution in [3.8, 4) is 22.8 Å². The van der Waals surface area contributed by atoms with Crippen molar-refractivity contribution in [1.29, 1.82) is 0 Å². The lowest BCUT2D eigenvalue weighted by Crippen LogP contribution is -2.45. The molecule has 2 amide bonds. The number of piperidine rings is 1. The summed E-state index contributed by atoms with van der Waals surface area (Å²) < 4.78 is 22.5. The van der Waals surface area contributed by atoms with E-state index in [9.17, 15) is 9.59 Å². The summed E-state index contributed by atoms with van der Waals surface area (Å²) in [4.78, 5) is 35.9. The Hall–Kier alpha value is -4.21. The van der Waals surface area contributed by atoms with E-state index < -0.39 is 11.2 Å².